The predicted molar refractivity (Wildman–Crippen MR) is 74.2 cm³/mol. The van der Waals surface area contributed by atoms with Gasteiger partial charge in [-0.25, -0.2) is 13.2 Å². The number of carboxylic acid groups (broad SMARTS) is 1. The molecular weight excluding hydrogens is 286 g/mol. The summed E-state index contributed by atoms with van der Waals surface area (Å²) in [7, 11) is -2.21. The number of ether oxygens (including phenoxy) is 1. The van der Waals surface area contributed by atoms with Gasteiger partial charge in [-0.2, -0.15) is 0 Å². The van der Waals surface area contributed by atoms with Crippen molar-refractivity contribution >= 4 is 21.7 Å². The average molecular weight is 309 g/mol. The van der Waals surface area contributed by atoms with Gasteiger partial charge in [0.05, 0.1) is 12.4 Å². The molecule has 0 saturated carbocycles. The molecule has 0 aliphatic carbocycles. The van der Waals surface area contributed by atoms with Gasteiger partial charge in [0.25, 0.3) is 0 Å². The second-order valence-corrected chi connectivity index (χ2v) is 7.10. The molecule has 20 heavy (non-hydrogen) atoms. The lowest BCUT2D eigenvalue weighted by molar-refractivity contribution is -0.148. The summed E-state index contributed by atoms with van der Waals surface area (Å²) in [5, 5.41) is 11.2. The Labute approximate surface area is 119 Å². The van der Waals surface area contributed by atoms with E-state index in [0.717, 1.165) is 12.8 Å². The van der Waals surface area contributed by atoms with Gasteiger partial charge < -0.3 is 15.2 Å². The summed E-state index contributed by atoms with van der Waals surface area (Å²) in [5.74, 6) is -2.88. The molecule has 0 aliphatic rings. The quantitative estimate of drug-likeness (QED) is 0.558. The Morgan fingerprint density at radius 1 is 1.30 bits per heavy atom. The second-order valence-electron chi connectivity index (χ2n) is 4.92. The van der Waals surface area contributed by atoms with Gasteiger partial charge >= 0.3 is 5.97 Å². The first-order chi connectivity index (χ1) is 9.17. The smallest absolute Gasteiger partial charge is 0.331 e. The number of aliphatic carboxylic acids is 1. The molecule has 0 spiro atoms. The van der Waals surface area contributed by atoms with Crippen LogP contribution in [0.2, 0.25) is 0 Å². The fourth-order valence-electron chi connectivity index (χ4n) is 1.63. The van der Waals surface area contributed by atoms with E-state index >= 15 is 0 Å². The molecule has 0 aromatic rings. The van der Waals surface area contributed by atoms with Gasteiger partial charge in [0, 0.05) is 7.11 Å². The maximum Gasteiger partial charge on any atom is 0.331 e. The van der Waals surface area contributed by atoms with Crippen molar-refractivity contribution in [2.75, 3.05) is 25.2 Å². The number of sulfone groups is 1. The van der Waals surface area contributed by atoms with Gasteiger partial charge in [0.15, 0.2) is 15.4 Å². The van der Waals surface area contributed by atoms with E-state index in [2.05, 4.69) is 5.32 Å². The van der Waals surface area contributed by atoms with Crippen molar-refractivity contribution in [2.45, 2.75) is 38.6 Å². The van der Waals surface area contributed by atoms with Crippen molar-refractivity contribution < 1.29 is 27.9 Å². The second kappa shape index (κ2) is 8.21. The van der Waals surface area contributed by atoms with Gasteiger partial charge in [-0.1, -0.05) is 19.8 Å². The maximum atomic E-state index is 11.7. The SMILES string of the molecule is CCCCCS(=O)(=O)CC(=O)NC(C)(COC)C(=O)O. The molecule has 1 amide bonds. The first kappa shape index (κ1) is 18.9. The molecular formula is C12H23NO6S. The maximum absolute atomic E-state index is 11.7. The molecule has 118 valence electrons. The first-order valence-corrected chi connectivity index (χ1v) is 8.23. The molecule has 7 nitrogen and oxygen atoms in total. The van der Waals surface area contributed by atoms with Crippen LogP contribution in [-0.4, -0.2) is 56.2 Å². The Kier molecular flexibility index (Phi) is 7.74. The molecule has 0 heterocycles. The van der Waals surface area contributed by atoms with Crippen LogP contribution < -0.4 is 5.32 Å². The lowest BCUT2D eigenvalue weighted by Gasteiger charge is -2.25. The summed E-state index contributed by atoms with van der Waals surface area (Å²) in [6.07, 6.45) is 2.16. The predicted octanol–water partition coefficient (Wildman–Crippen LogP) is 0.197. The van der Waals surface area contributed by atoms with Crippen LogP contribution in [0, 0.1) is 0 Å². The number of hydrogen-bond acceptors (Lipinski definition) is 5. The van der Waals surface area contributed by atoms with E-state index in [0.29, 0.717) is 6.42 Å². The highest BCUT2D eigenvalue weighted by Gasteiger charge is 2.35. The number of unbranched alkanes of at least 4 members (excludes halogenated alkanes) is 2. The molecule has 8 heteroatoms. The fraction of sp³-hybridized carbons (Fsp3) is 0.833. The van der Waals surface area contributed by atoms with E-state index in [1.165, 1.54) is 14.0 Å². The lowest BCUT2D eigenvalue weighted by Crippen LogP contribution is -2.56. The molecule has 1 atom stereocenters. The highest BCUT2D eigenvalue weighted by atomic mass is 32.2. The molecule has 0 aliphatic heterocycles. The summed E-state index contributed by atoms with van der Waals surface area (Å²) in [5.41, 5.74) is -1.63. The third-order valence-corrected chi connectivity index (χ3v) is 4.34. The number of rotatable bonds is 10. The molecule has 0 aromatic heterocycles. The number of carbonyl (C=O) groups is 2. The van der Waals surface area contributed by atoms with Crippen LogP contribution in [0.15, 0.2) is 0 Å². The van der Waals surface area contributed by atoms with Gasteiger partial charge in [-0.3, -0.25) is 4.79 Å². The molecule has 2 N–H and O–H groups in total. The number of carbonyl (C=O) groups excluding carboxylic acids is 1. The molecule has 0 aromatic carbocycles. The van der Waals surface area contributed by atoms with Crippen molar-refractivity contribution in [1.82, 2.24) is 5.32 Å². The Bertz CT molecular complexity index is 433. The summed E-state index contributed by atoms with van der Waals surface area (Å²) < 4.78 is 28.1. The first-order valence-electron chi connectivity index (χ1n) is 6.40. The van der Waals surface area contributed by atoms with Gasteiger partial charge in [-0.05, 0) is 13.3 Å². The number of carboxylic acids is 1. The number of amides is 1. The molecule has 0 fully saturated rings. The summed E-state index contributed by atoms with van der Waals surface area (Å²) in [4.78, 5) is 22.8. The van der Waals surface area contributed by atoms with E-state index in [1.807, 2.05) is 6.92 Å². The van der Waals surface area contributed by atoms with Crippen molar-refractivity contribution in [3.63, 3.8) is 0 Å². The van der Waals surface area contributed by atoms with Crippen molar-refractivity contribution in [3.05, 3.63) is 0 Å². The highest BCUT2D eigenvalue weighted by Crippen LogP contribution is 2.06. The minimum Gasteiger partial charge on any atom is -0.479 e. The zero-order valence-electron chi connectivity index (χ0n) is 12.1. The molecule has 1 unspecified atom stereocenters. The monoisotopic (exact) mass is 309 g/mol. The van der Waals surface area contributed by atoms with Crippen LogP contribution in [0.5, 0.6) is 0 Å². The lowest BCUT2D eigenvalue weighted by atomic mass is 10.0. The van der Waals surface area contributed by atoms with Gasteiger partial charge in [0.2, 0.25) is 5.91 Å². The third-order valence-electron chi connectivity index (χ3n) is 2.73. The van der Waals surface area contributed by atoms with Crippen molar-refractivity contribution in [1.29, 1.82) is 0 Å². The zero-order valence-corrected chi connectivity index (χ0v) is 13.0. The van der Waals surface area contributed by atoms with E-state index in [9.17, 15) is 18.0 Å². The summed E-state index contributed by atoms with van der Waals surface area (Å²) >= 11 is 0. The normalized spacial score (nSPS) is 14.6. The van der Waals surface area contributed by atoms with Crippen LogP contribution in [0.3, 0.4) is 0 Å². The largest absolute Gasteiger partial charge is 0.479 e. The summed E-state index contributed by atoms with van der Waals surface area (Å²) in [6.45, 7) is 2.97. The topological polar surface area (TPSA) is 110 Å². The Balaban J connectivity index is 4.57. The van der Waals surface area contributed by atoms with Gasteiger partial charge in [-0.15, -0.1) is 0 Å². The van der Waals surface area contributed by atoms with E-state index in [1.54, 1.807) is 0 Å². The van der Waals surface area contributed by atoms with Crippen LogP contribution in [0.1, 0.15) is 33.1 Å². The average Bonchev–Trinajstić information content (AvgIpc) is 2.27. The van der Waals surface area contributed by atoms with E-state index < -0.39 is 33.0 Å². The Hall–Kier alpha value is -1.15. The Morgan fingerprint density at radius 3 is 2.35 bits per heavy atom. The molecule has 0 rings (SSSR count). The number of hydrogen-bond donors (Lipinski definition) is 2. The minimum atomic E-state index is -3.51. The standard InChI is InChI=1S/C12H23NO6S/c1-4-5-6-7-20(17,18)8-10(14)13-12(2,9-19-3)11(15)16/h4-9H2,1-3H3,(H,13,14)(H,15,16). The fourth-order valence-corrected chi connectivity index (χ4v) is 2.89. The van der Waals surface area contributed by atoms with Crippen molar-refractivity contribution in [2.24, 2.45) is 0 Å². The molecule has 0 saturated heterocycles. The van der Waals surface area contributed by atoms with Crippen LogP contribution in [0.4, 0.5) is 0 Å². The Morgan fingerprint density at radius 2 is 1.90 bits per heavy atom. The van der Waals surface area contributed by atoms with E-state index in [-0.39, 0.29) is 12.4 Å². The number of methoxy groups -OCH3 is 1. The van der Waals surface area contributed by atoms with E-state index in [4.69, 9.17) is 9.84 Å². The van der Waals surface area contributed by atoms with Crippen molar-refractivity contribution in [3.8, 4) is 0 Å². The minimum absolute atomic E-state index is 0.0671. The van der Waals surface area contributed by atoms with Gasteiger partial charge in [0.1, 0.15) is 5.75 Å². The zero-order chi connectivity index (χ0) is 15.8. The molecule has 0 radical (unpaired) electrons. The van der Waals surface area contributed by atoms with Crippen LogP contribution in [0.25, 0.3) is 0 Å². The highest BCUT2D eigenvalue weighted by molar-refractivity contribution is 7.92. The number of nitrogens with one attached hydrogen (secondary N) is 1. The third kappa shape index (κ3) is 6.85. The molecule has 0 bridgehead atoms. The van der Waals surface area contributed by atoms with Crippen LogP contribution in [-0.2, 0) is 24.2 Å². The van der Waals surface area contributed by atoms with Crippen LogP contribution >= 0.6 is 0 Å². The summed E-state index contributed by atoms with van der Waals surface area (Å²) in [6, 6.07) is 0.